The van der Waals surface area contributed by atoms with Crippen LogP contribution in [0.1, 0.15) is 32.7 Å². The first-order chi connectivity index (χ1) is 11.7. The van der Waals surface area contributed by atoms with Crippen molar-refractivity contribution in [2.75, 3.05) is 5.73 Å². The van der Waals surface area contributed by atoms with Crippen molar-refractivity contribution in [2.24, 2.45) is 6.98 Å². The number of aryl methyl sites for hydroxylation is 1. The summed E-state index contributed by atoms with van der Waals surface area (Å²) in [5.74, 6) is 3.63. The summed E-state index contributed by atoms with van der Waals surface area (Å²) in [6.45, 7) is -1.44. The number of carbonyl (C=O) groups is 1. The van der Waals surface area contributed by atoms with Gasteiger partial charge in [-0.3, -0.25) is 9.89 Å². The molecule has 6 nitrogen and oxygen atoms in total. The molecule has 0 atom stereocenters. The summed E-state index contributed by atoms with van der Waals surface area (Å²) < 4.78 is 38.1. The number of anilines is 1. The number of nitrogens with one attached hydrogen (secondary N) is 1. The van der Waals surface area contributed by atoms with Gasteiger partial charge in [0.25, 0.3) is 0 Å². The first-order valence-corrected chi connectivity index (χ1v) is 6.22. The average molecular weight is 300 g/mol. The van der Waals surface area contributed by atoms with E-state index in [1.807, 2.05) is 0 Å². The summed E-state index contributed by atoms with van der Waals surface area (Å²) in [6, 6.07) is 1.29. The molecular weight excluding hydrogens is 285 g/mol. The van der Waals surface area contributed by atoms with Crippen LogP contribution in [0.2, 0.25) is 0 Å². The fourth-order valence-electron chi connectivity index (χ4n) is 2.09. The highest BCUT2D eigenvalue weighted by molar-refractivity contribution is 6.06. The fraction of sp³-hybridized carbons (Fsp3) is 0.133. The molecule has 2 heterocycles. The zero-order valence-corrected chi connectivity index (χ0v) is 11.4. The molecule has 110 valence electrons. The van der Waals surface area contributed by atoms with Crippen molar-refractivity contribution >= 4 is 22.5 Å². The second-order valence-electron chi connectivity index (χ2n) is 4.59. The highest BCUT2D eigenvalue weighted by Crippen LogP contribution is 2.24. The molecule has 3 N–H and O–H groups in total. The van der Waals surface area contributed by atoms with Crippen molar-refractivity contribution in [3.8, 4) is 11.8 Å². The smallest absolute Gasteiger partial charge is 0.164 e. The molecule has 7 heteroatoms. The maximum Gasteiger partial charge on any atom is 0.164 e. The van der Waals surface area contributed by atoms with Crippen LogP contribution >= 0.6 is 0 Å². The van der Waals surface area contributed by atoms with E-state index in [0.29, 0.717) is 5.69 Å². The largest absolute Gasteiger partial charge is 0.395 e. The Morgan fingerprint density at radius 3 is 3.00 bits per heavy atom. The number of H-pyrrole nitrogens is 1. The van der Waals surface area contributed by atoms with Gasteiger partial charge in [0.2, 0.25) is 0 Å². The van der Waals surface area contributed by atoms with Gasteiger partial charge >= 0.3 is 0 Å². The SMILES string of the molecule is [2H]C([2H])([2H])n1cnc2cc(C#Cc3n[nH]cc3N)c(F)c(C(C)=O)c21. The molecule has 0 unspecified atom stereocenters. The number of nitrogen functional groups attached to an aromatic ring is 1. The number of imidazole rings is 1. The van der Waals surface area contributed by atoms with Gasteiger partial charge in [0.05, 0.1) is 34.2 Å². The molecule has 22 heavy (non-hydrogen) atoms. The normalized spacial score (nSPS) is 13.1. The van der Waals surface area contributed by atoms with Crippen LogP contribution in [0, 0.1) is 17.7 Å². The Hall–Kier alpha value is -3.14. The van der Waals surface area contributed by atoms with Gasteiger partial charge in [-0.2, -0.15) is 5.10 Å². The summed E-state index contributed by atoms with van der Waals surface area (Å²) in [7, 11) is 0. The molecule has 0 aliphatic heterocycles. The van der Waals surface area contributed by atoms with E-state index in [1.54, 1.807) is 0 Å². The third kappa shape index (κ3) is 2.11. The van der Waals surface area contributed by atoms with Crippen LogP contribution in [0.15, 0.2) is 18.6 Å². The van der Waals surface area contributed by atoms with Crippen molar-refractivity contribution in [1.29, 1.82) is 0 Å². The third-order valence-corrected chi connectivity index (χ3v) is 3.11. The molecule has 0 aliphatic carbocycles. The van der Waals surface area contributed by atoms with Crippen LogP contribution in [0.25, 0.3) is 11.0 Å². The molecule has 3 rings (SSSR count). The quantitative estimate of drug-likeness (QED) is 0.528. The maximum atomic E-state index is 14.8. The fourth-order valence-corrected chi connectivity index (χ4v) is 2.09. The molecule has 0 aliphatic rings. The Balaban J connectivity index is 2.27. The van der Waals surface area contributed by atoms with Crippen molar-refractivity contribution in [3.05, 3.63) is 41.2 Å². The Morgan fingerprint density at radius 1 is 1.55 bits per heavy atom. The molecular formula is C15H12FN5O. The molecule has 2 aromatic heterocycles. The summed E-state index contributed by atoms with van der Waals surface area (Å²) in [5, 5.41) is 6.33. The van der Waals surface area contributed by atoms with Crippen molar-refractivity contribution < 1.29 is 13.3 Å². The zero-order chi connectivity index (χ0) is 18.4. The highest BCUT2D eigenvalue weighted by atomic mass is 19.1. The van der Waals surface area contributed by atoms with Crippen LogP contribution in [0.5, 0.6) is 0 Å². The molecule has 0 fully saturated rings. The van der Waals surface area contributed by atoms with Gasteiger partial charge in [-0.05, 0) is 18.9 Å². The number of rotatable bonds is 1. The number of carbonyl (C=O) groups excluding carboxylic acids is 1. The lowest BCUT2D eigenvalue weighted by Gasteiger charge is -2.05. The van der Waals surface area contributed by atoms with Crippen LogP contribution in [-0.4, -0.2) is 25.5 Å². The minimum Gasteiger partial charge on any atom is -0.395 e. The summed E-state index contributed by atoms with van der Waals surface area (Å²) >= 11 is 0. The number of fused-ring (bicyclic) bond motifs is 1. The first kappa shape index (κ1) is 10.6. The van der Waals surface area contributed by atoms with Crippen LogP contribution in [-0.2, 0) is 6.98 Å². The van der Waals surface area contributed by atoms with E-state index in [4.69, 9.17) is 9.85 Å². The molecule has 3 aromatic rings. The van der Waals surface area contributed by atoms with Gasteiger partial charge in [-0.1, -0.05) is 5.92 Å². The van der Waals surface area contributed by atoms with Crippen molar-refractivity contribution in [2.45, 2.75) is 6.92 Å². The number of nitrogens with two attached hydrogens (primary N) is 1. The lowest BCUT2D eigenvalue weighted by molar-refractivity contribution is 0.101. The molecule has 0 bridgehead atoms. The Labute approximate surface area is 129 Å². The molecule has 0 spiro atoms. The van der Waals surface area contributed by atoms with Gasteiger partial charge < -0.3 is 10.3 Å². The van der Waals surface area contributed by atoms with E-state index in [9.17, 15) is 9.18 Å². The lowest BCUT2D eigenvalue weighted by atomic mass is 10.0. The summed E-state index contributed by atoms with van der Waals surface area (Å²) in [4.78, 5) is 15.9. The van der Waals surface area contributed by atoms with E-state index in [2.05, 4.69) is 27.0 Å². The number of aromatic amines is 1. The number of hydrogen-bond acceptors (Lipinski definition) is 4. The predicted molar refractivity (Wildman–Crippen MR) is 79.7 cm³/mol. The number of aromatic nitrogens is 4. The number of benzene rings is 1. The monoisotopic (exact) mass is 300 g/mol. The summed E-state index contributed by atoms with van der Waals surface area (Å²) in [5.41, 5.74) is 5.77. The molecule has 1 aromatic carbocycles. The van der Waals surface area contributed by atoms with E-state index in [1.165, 1.54) is 12.3 Å². The number of Topliss-reactive ketones (excluding diaryl/α,β-unsaturated/α-hetero) is 1. The average Bonchev–Trinajstić information content (AvgIpc) is 3.10. The standard InChI is InChI=1S/C15H12FN5O/c1-8(22)13-14(16)9(3-4-11-10(17)6-19-20-11)5-12-15(13)21(2)7-18-12/h5-7H,17H2,1-2H3,(H,19,20)/i2D3. The van der Waals surface area contributed by atoms with Gasteiger partial charge in [-0.25, -0.2) is 9.37 Å². The van der Waals surface area contributed by atoms with Crippen LogP contribution in [0.3, 0.4) is 0 Å². The van der Waals surface area contributed by atoms with E-state index in [-0.39, 0.29) is 27.9 Å². The predicted octanol–water partition coefficient (Wildman–Crippen LogP) is 1.62. The highest BCUT2D eigenvalue weighted by Gasteiger charge is 2.19. The van der Waals surface area contributed by atoms with Crippen molar-refractivity contribution in [1.82, 2.24) is 19.7 Å². The Bertz CT molecular complexity index is 1050. The Morgan fingerprint density at radius 2 is 2.36 bits per heavy atom. The summed E-state index contributed by atoms with van der Waals surface area (Å²) in [6.07, 6.45) is 2.48. The molecule has 0 saturated carbocycles. The van der Waals surface area contributed by atoms with Gasteiger partial charge in [0.15, 0.2) is 17.3 Å². The topological polar surface area (TPSA) is 89.6 Å². The second-order valence-corrected chi connectivity index (χ2v) is 4.59. The number of ketones is 1. The zero-order valence-electron chi connectivity index (χ0n) is 14.4. The minimum atomic E-state index is -2.60. The third-order valence-electron chi connectivity index (χ3n) is 3.11. The number of hydrogen-bond donors (Lipinski definition) is 2. The van der Waals surface area contributed by atoms with Gasteiger partial charge in [0, 0.05) is 17.3 Å². The van der Waals surface area contributed by atoms with E-state index >= 15 is 0 Å². The van der Waals surface area contributed by atoms with Crippen LogP contribution < -0.4 is 5.73 Å². The first-order valence-electron chi connectivity index (χ1n) is 7.72. The molecule has 0 amide bonds. The molecule has 0 radical (unpaired) electrons. The van der Waals surface area contributed by atoms with E-state index in [0.717, 1.165) is 17.8 Å². The van der Waals surface area contributed by atoms with Crippen LogP contribution in [0.4, 0.5) is 10.1 Å². The minimum absolute atomic E-state index is 0.0881. The second kappa shape index (κ2) is 5.00. The van der Waals surface area contributed by atoms with Crippen molar-refractivity contribution in [3.63, 3.8) is 0 Å². The van der Waals surface area contributed by atoms with E-state index < -0.39 is 18.6 Å². The number of nitrogens with zero attached hydrogens (tertiary/aromatic N) is 3. The number of halogens is 1. The Kier molecular flexibility index (Phi) is 2.40. The molecule has 0 saturated heterocycles. The maximum absolute atomic E-state index is 14.8. The van der Waals surface area contributed by atoms with Gasteiger partial charge in [-0.15, -0.1) is 0 Å². The van der Waals surface area contributed by atoms with Gasteiger partial charge in [0.1, 0.15) is 0 Å². The lowest BCUT2D eigenvalue weighted by Crippen LogP contribution is -2.04.